The van der Waals surface area contributed by atoms with Gasteiger partial charge in [0.2, 0.25) is 5.78 Å². The minimum atomic E-state index is -0.687. The van der Waals surface area contributed by atoms with Crippen molar-refractivity contribution >= 4 is 22.9 Å². The third-order valence-corrected chi connectivity index (χ3v) is 4.85. The van der Waals surface area contributed by atoms with Crippen molar-refractivity contribution in [1.29, 1.82) is 5.41 Å². The Morgan fingerprint density at radius 1 is 0.963 bits per heavy atom. The van der Waals surface area contributed by atoms with Gasteiger partial charge in [-0.1, -0.05) is 37.1 Å². The summed E-state index contributed by atoms with van der Waals surface area (Å²) in [6, 6.07) is 9.64. The summed E-state index contributed by atoms with van der Waals surface area (Å²) >= 11 is 0. The number of Topliss-reactive ketones (excluding diaryl/α,β-unsaturated/α-hetero) is 1. The maximum Gasteiger partial charge on any atom is 0.284 e. The van der Waals surface area contributed by atoms with Crippen LogP contribution in [0.5, 0.6) is 0 Å². The third-order valence-electron chi connectivity index (χ3n) is 4.85. The molecule has 0 radical (unpaired) electrons. The first kappa shape index (κ1) is 18.4. The van der Waals surface area contributed by atoms with Crippen LogP contribution in [-0.2, 0) is 0 Å². The highest BCUT2D eigenvalue weighted by molar-refractivity contribution is 6.45. The molecule has 8 nitrogen and oxygen atoms in total. The van der Waals surface area contributed by atoms with E-state index >= 15 is 0 Å². The highest BCUT2D eigenvalue weighted by atomic mass is 16.6. The number of ketones is 1. The molecule has 138 valence electrons. The molecule has 1 saturated carbocycles. The van der Waals surface area contributed by atoms with Crippen molar-refractivity contribution in [3.63, 3.8) is 0 Å². The van der Waals surface area contributed by atoms with Gasteiger partial charge in [0.1, 0.15) is 0 Å². The number of carbonyl (C=O) groups is 1. The smallest absolute Gasteiger partial charge is 0.284 e. The van der Waals surface area contributed by atoms with E-state index in [9.17, 15) is 25.0 Å². The summed E-state index contributed by atoms with van der Waals surface area (Å²) in [7, 11) is 0. The Morgan fingerprint density at radius 2 is 1.59 bits per heavy atom. The van der Waals surface area contributed by atoms with Crippen molar-refractivity contribution in [3.8, 4) is 11.1 Å². The Kier molecular flexibility index (Phi) is 5.07. The number of carbonyl (C=O) groups excluding carboxylic acids is 1. The largest absolute Gasteiger partial charge is 0.301 e. The molecule has 0 saturated heterocycles. The van der Waals surface area contributed by atoms with Crippen molar-refractivity contribution in [2.45, 2.75) is 25.7 Å². The number of hydrogen-bond acceptors (Lipinski definition) is 6. The molecule has 0 atom stereocenters. The highest BCUT2D eigenvalue weighted by Gasteiger charge is 2.26. The maximum atomic E-state index is 12.5. The standard InChI is InChI=1S/C19H17N3O5/c20-18(13-3-1-2-4-13)19(23)14-7-5-12(6-8-14)16-10-9-15(21(24)25)11-17(16)22(26)27/h5-11,13,20H,1-4H2. The van der Waals surface area contributed by atoms with Gasteiger partial charge in [-0.05, 0) is 24.5 Å². The van der Waals surface area contributed by atoms with Crippen LogP contribution in [0.15, 0.2) is 42.5 Å². The van der Waals surface area contributed by atoms with Crippen LogP contribution in [0.3, 0.4) is 0 Å². The molecule has 1 aliphatic rings. The molecule has 8 heteroatoms. The number of nitrogens with zero attached hydrogens (tertiary/aromatic N) is 2. The Hall–Kier alpha value is -3.42. The fourth-order valence-electron chi connectivity index (χ4n) is 3.39. The second-order valence-electron chi connectivity index (χ2n) is 6.52. The summed E-state index contributed by atoms with van der Waals surface area (Å²) in [5.41, 5.74) is 0.446. The summed E-state index contributed by atoms with van der Waals surface area (Å²) in [4.78, 5) is 33.2. The van der Waals surface area contributed by atoms with Gasteiger partial charge in [0.05, 0.1) is 27.2 Å². The zero-order valence-corrected chi connectivity index (χ0v) is 14.4. The molecule has 0 unspecified atom stereocenters. The van der Waals surface area contributed by atoms with Crippen LogP contribution in [-0.4, -0.2) is 21.3 Å². The lowest BCUT2D eigenvalue weighted by Crippen LogP contribution is -2.21. The first-order valence-electron chi connectivity index (χ1n) is 8.55. The van der Waals surface area contributed by atoms with Gasteiger partial charge in [0, 0.05) is 17.5 Å². The predicted molar refractivity (Wildman–Crippen MR) is 99.2 cm³/mol. The molecule has 2 aromatic rings. The minimum absolute atomic E-state index is 0.00735. The third kappa shape index (κ3) is 3.74. The molecule has 27 heavy (non-hydrogen) atoms. The lowest BCUT2D eigenvalue weighted by molar-refractivity contribution is -0.393. The molecule has 0 aromatic heterocycles. The van der Waals surface area contributed by atoms with E-state index in [-0.39, 0.29) is 34.4 Å². The van der Waals surface area contributed by atoms with Crippen LogP contribution >= 0.6 is 0 Å². The van der Waals surface area contributed by atoms with Gasteiger partial charge in [-0.15, -0.1) is 0 Å². The van der Waals surface area contributed by atoms with E-state index in [1.165, 1.54) is 24.3 Å². The second kappa shape index (κ2) is 7.45. The number of benzene rings is 2. The van der Waals surface area contributed by atoms with Crippen molar-refractivity contribution in [1.82, 2.24) is 0 Å². The summed E-state index contributed by atoms with van der Waals surface area (Å²) < 4.78 is 0. The van der Waals surface area contributed by atoms with Gasteiger partial charge in [-0.2, -0.15) is 0 Å². The lowest BCUT2D eigenvalue weighted by atomic mass is 9.93. The first-order chi connectivity index (χ1) is 12.9. The Balaban J connectivity index is 1.89. The molecule has 0 amide bonds. The normalized spacial score (nSPS) is 14.1. The number of non-ortho nitro benzene ring substituents is 1. The first-order valence-corrected chi connectivity index (χ1v) is 8.55. The monoisotopic (exact) mass is 367 g/mol. The van der Waals surface area contributed by atoms with E-state index in [4.69, 9.17) is 5.41 Å². The zero-order chi connectivity index (χ0) is 19.6. The van der Waals surface area contributed by atoms with E-state index in [1.54, 1.807) is 12.1 Å². The van der Waals surface area contributed by atoms with Crippen LogP contribution in [0.4, 0.5) is 11.4 Å². The average molecular weight is 367 g/mol. The van der Waals surface area contributed by atoms with Crippen molar-refractivity contribution in [2.24, 2.45) is 5.92 Å². The van der Waals surface area contributed by atoms with Gasteiger partial charge in [0.15, 0.2) is 0 Å². The molecule has 0 aliphatic heterocycles. The fraction of sp³-hybridized carbons (Fsp3) is 0.263. The van der Waals surface area contributed by atoms with Crippen LogP contribution in [0, 0.1) is 31.6 Å². The van der Waals surface area contributed by atoms with Crippen LogP contribution in [0.1, 0.15) is 36.0 Å². The summed E-state index contributed by atoms with van der Waals surface area (Å²) in [6.07, 6.45) is 3.78. The quantitative estimate of drug-likeness (QED) is 0.346. The minimum Gasteiger partial charge on any atom is -0.301 e. The SMILES string of the molecule is N=C(C(=O)c1ccc(-c2ccc([N+](=O)[O-])cc2[N+](=O)[O-])cc1)C1CCCC1. The van der Waals surface area contributed by atoms with E-state index in [0.717, 1.165) is 31.7 Å². The van der Waals surface area contributed by atoms with Gasteiger partial charge in [-0.3, -0.25) is 25.0 Å². The zero-order valence-electron chi connectivity index (χ0n) is 14.4. The van der Waals surface area contributed by atoms with E-state index in [2.05, 4.69) is 0 Å². The molecule has 0 bridgehead atoms. The van der Waals surface area contributed by atoms with Crippen molar-refractivity contribution in [2.75, 3.05) is 0 Å². The van der Waals surface area contributed by atoms with Gasteiger partial charge in [0.25, 0.3) is 11.4 Å². The van der Waals surface area contributed by atoms with Gasteiger partial charge < -0.3 is 5.41 Å². The van der Waals surface area contributed by atoms with Gasteiger partial charge in [-0.25, -0.2) is 0 Å². The predicted octanol–water partition coefficient (Wildman–Crippen LogP) is 4.56. The molecule has 0 heterocycles. The molecule has 2 aromatic carbocycles. The number of nitrogens with one attached hydrogen (secondary N) is 1. The number of rotatable bonds is 6. The Bertz CT molecular complexity index is 931. The van der Waals surface area contributed by atoms with E-state index in [1.807, 2.05) is 0 Å². The van der Waals surface area contributed by atoms with E-state index in [0.29, 0.717) is 11.1 Å². The van der Waals surface area contributed by atoms with E-state index < -0.39 is 9.85 Å². The molecule has 1 aliphatic carbocycles. The summed E-state index contributed by atoms with van der Waals surface area (Å²) in [5.74, 6) is -0.320. The molecular weight excluding hydrogens is 350 g/mol. The maximum absolute atomic E-state index is 12.5. The van der Waals surface area contributed by atoms with Crippen LogP contribution in [0.2, 0.25) is 0 Å². The summed E-state index contributed by atoms with van der Waals surface area (Å²) in [6.45, 7) is 0. The molecule has 1 fully saturated rings. The average Bonchev–Trinajstić information content (AvgIpc) is 3.21. The Labute approximate surface area is 154 Å². The molecular formula is C19H17N3O5. The lowest BCUT2D eigenvalue weighted by Gasteiger charge is -2.10. The highest BCUT2D eigenvalue weighted by Crippen LogP contribution is 2.33. The van der Waals surface area contributed by atoms with Crippen molar-refractivity contribution in [3.05, 3.63) is 68.3 Å². The number of nitro benzene ring substituents is 2. The van der Waals surface area contributed by atoms with Gasteiger partial charge >= 0.3 is 0 Å². The molecule has 0 spiro atoms. The Morgan fingerprint density at radius 3 is 2.15 bits per heavy atom. The van der Waals surface area contributed by atoms with Crippen molar-refractivity contribution < 1.29 is 14.6 Å². The number of nitro groups is 2. The van der Waals surface area contributed by atoms with Crippen LogP contribution in [0.25, 0.3) is 11.1 Å². The fourth-order valence-corrected chi connectivity index (χ4v) is 3.39. The second-order valence-corrected chi connectivity index (χ2v) is 6.52. The molecule has 3 rings (SSSR count). The van der Waals surface area contributed by atoms with Crippen LogP contribution < -0.4 is 0 Å². The summed E-state index contributed by atoms with van der Waals surface area (Å²) in [5, 5.41) is 30.2. The number of hydrogen-bond donors (Lipinski definition) is 1. The molecule has 1 N–H and O–H groups in total. The topological polar surface area (TPSA) is 127 Å².